The number of aliphatic hydroxyl groups is 1. The summed E-state index contributed by atoms with van der Waals surface area (Å²) in [6.45, 7) is 0.810. The van der Waals surface area contributed by atoms with Gasteiger partial charge in [-0.25, -0.2) is 4.79 Å². The Morgan fingerprint density at radius 1 is 1.04 bits per heavy atom. The van der Waals surface area contributed by atoms with Gasteiger partial charge in [-0.15, -0.1) is 0 Å². The Labute approximate surface area is 166 Å². The van der Waals surface area contributed by atoms with Gasteiger partial charge in [0.25, 0.3) is 0 Å². The third-order valence-corrected chi connectivity index (χ3v) is 4.18. The van der Waals surface area contributed by atoms with Crippen molar-refractivity contribution in [3.63, 3.8) is 0 Å². The average Bonchev–Trinajstić information content (AvgIpc) is 2.60. The molecule has 12 nitrogen and oxygen atoms in total. The largest absolute Gasteiger partial charge is 0.480 e. The smallest absolute Gasteiger partial charge is 0.328 e. The lowest BCUT2D eigenvalue weighted by Crippen LogP contribution is -2.58. The number of carboxylic acid groups (broad SMARTS) is 1. The van der Waals surface area contributed by atoms with E-state index in [1.165, 1.54) is 11.8 Å². The maximum absolute atomic E-state index is 12.5. The van der Waals surface area contributed by atoms with Crippen molar-refractivity contribution in [2.45, 2.75) is 44.0 Å². The van der Waals surface area contributed by atoms with Gasteiger partial charge in [-0.05, 0) is 25.4 Å². The fourth-order valence-corrected chi connectivity index (χ4v) is 2.55. The third-order valence-electron chi connectivity index (χ3n) is 3.53. The molecule has 0 radical (unpaired) electrons. The summed E-state index contributed by atoms with van der Waals surface area (Å²) in [4.78, 5) is 58.7. The maximum atomic E-state index is 12.5. The van der Waals surface area contributed by atoms with E-state index in [1.54, 1.807) is 6.26 Å². The number of hydrogen-bond acceptors (Lipinski definition) is 8. The summed E-state index contributed by atoms with van der Waals surface area (Å²) in [6, 6.07) is -4.15. The molecule has 0 rings (SSSR count). The number of carboxylic acids is 1. The van der Waals surface area contributed by atoms with Crippen LogP contribution in [0.4, 0.5) is 0 Å². The van der Waals surface area contributed by atoms with Crippen LogP contribution in [-0.2, 0) is 24.0 Å². The lowest BCUT2D eigenvalue weighted by Gasteiger charge is -2.24. The quantitative estimate of drug-likeness (QED) is 0.157. The summed E-state index contributed by atoms with van der Waals surface area (Å²) in [5.74, 6) is -4.28. The summed E-state index contributed by atoms with van der Waals surface area (Å²) < 4.78 is 0. The molecular formula is C15H27N5O7S. The molecule has 0 aromatic carbocycles. The van der Waals surface area contributed by atoms with Crippen molar-refractivity contribution >= 4 is 41.4 Å². The molecule has 13 heteroatoms. The zero-order valence-corrected chi connectivity index (χ0v) is 16.5. The van der Waals surface area contributed by atoms with Gasteiger partial charge < -0.3 is 37.6 Å². The zero-order chi connectivity index (χ0) is 21.9. The standard InChI is InChI=1S/C15H27N5O7S/c1-7(21)12(15(26)27)20-14(25)9(5-10(17)22)19-13(24)8(3-4-28-2)18-11(23)6-16/h7-9,12,21H,3-6,16H2,1-2H3,(H2,17,22)(H,18,23)(H,19,24)(H,20,25)(H,26,27). The van der Waals surface area contributed by atoms with Gasteiger partial charge in [0.05, 0.1) is 19.1 Å². The van der Waals surface area contributed by atoms with Crippen LogP contribution >= 0.6 is 11.8 Å². The van der Waals surface area contributed by atoms with E-state index in [4.69, 9.17) is 16.6 Å². The second kappa shape index (κ2) is 12.9. The predicted octanol–water partition coefficient (Wildman–Crippen LogP) is -3.51. The highest BCUT2D eigenvalue weighted by atomic mass is 32.2. The van der Waals surface area contributed by atoms with Crippen molar-refractivity contribution in [2.24, 2.45) is 11.5 Å². The van der Waals surface area contributed by atoms with Crippen LogP contribution in [0.2, 0.25) is 0 Å². The summed E-state index contributed by atoms with van der Waals surface area (Å²) in [5.41, 5.74) is 10.3. The van der Waals surface area contributed by atoms with Crippen molar-refractivity contribution in [1.29, 1.82) is 0 Å². The first-order valence-electron chi connectivity index (χ1n) is 8.31. The van der Waals surface area contributed by atoms with Gasteiger partial charge >= 0.3 is 5.97 Å². The number of primary amides is 1. The van der Waals surface area contributed by atoms with E-state index in [9.17, 15) is 29.1 Å². The molecule has 4 amide bonds. The van der Waals surface area contributed by atoms with E-state index in [0.717, 1.165) is 6.92 Å². The molecule has 4 atom stereocenters. The van der Waals surface area contributed by atoms with Crippen LogP contribution in [0.15, 0.2) is 0 Å². The van der Waals surface area contributed by atoms with E-state index < -0.39 is 60.2 Å². The van der Waals surface area contributed by atoms with Gasteiger partial charge in [-0.1, -0.05) is 0 Å². The van der Waals surface area contributed by atoms with Gasteiger partial charge in [0, 0.05) is 0 Å². The van der Waals surface area contributed by atoms with Gasteiger partial charge in [-0.3, -0.25) is 19.2 Å². The Balaban J connectivity index is 5.32. The number of thioether (sulfide) groups is 1. The van der Waals surface area contributed by atoms with Crippen molar-refractivity contribution in [3.8, 4) is 0 Å². The zero-order valence-electron chi connectivity index (χ0n) is 15.6. The fourth-order valence-electron chi connectivity index (χ4n) is 2.08. The molecule has 0 bridgehead atoms. The molecule has 0 aromatic rings. The monoisotopic (exact) mass is 421 g/mol. The number of hydrogen-bond donors (Lipinski definition) is 7. The number of aliphatic hydroxyl groups excluding tert-OH is 1. The number of amides is 4. The minimum Gasteiger partial charge on any atom is -0.480 e. The third kappa shape index (κ3) is 9.53. The predicted molar refractivity (Wildman–Crippen MR) is 101 cm³/mol. The van der Waals surface area contributed by atoms with Crippen LogP contribution in [0, 0.1) is 0 Å². The van der Waals surface area contributed by atoms with E-state index in [2.05, 4.69) is 10.6 Å². The molecule has 0 aliphatic rings. The van der Waals surface area contributed by atoms with E-state index in [-0.39, 0.29) is 13.0 Å². The summed E-state index contributed by atoms with van der Waals surface area (Å²) in [6.07, 6.45) is -0.00567. The molecule has 0 aliphatic carbocycles. The van der Waals surface area contributed by atoms with Crippen LogP contribution in [0.5, 0.6) is 0 Å². The molecule has 4 unspecified atom stereocenters. The van der Waals surface area contributed by atoms with Crippen molar-refractivity contribution in [3.05, 3.63) is 0 Å². The molecule has 9 N–H and O–H groups in total. The molecule has 160 valence electrons. The average molecular weight is 421 g/mol. The van der Waals surface area contributed by atoms with E-state index in [1.807, 2.05) is 5.32 Å². The lowest BCUT2D eigenvalue weighted by molar-refractivity contribution is -0.145. The fraction of sp³-hybridized carbons (Fsp3) is 0.667. The number of nitrogens with two attached hydrogens (primary N) is 2. The minimum absolute atomic E-state index is 0.231. The van der Waals surface area contributed by atoms with Crippen LogP contribution in [-0.4, -0.2) is 82.6 Å². The summed E-state index contributed by atoms with van der Waals surface area (Å²) >= 11 is 1.42. The number of carbonyl (C=O) groups is 5. The Morgan fingerprint density at radius 2 is 1.61 bits per heavy atom. The molecule has 0 saturated carbocycles. The second-order valence-corrected chi connectivity index (χ2v) is 6.89. The van der Waals surface area contributed by atoms with Crippen LogP contribution < -0.4 is 27.4 Å². The first kappa shape index (κ1) is 25.6. The van der Waals surface area contributed by atoms with Crippen molar-refractivity contribution in [1.82, 2.24) is 16.0 Å². The maximum Gasteiger partial charge on any atom is 0.328 e. The molecule has 0 heterocycles. The molecule has 0 spiro atoms. The van der Waals surface area contributed by atoms with Gasteiger partial charge in [0.15, 0.2) is 6.04 Å². The van der Waals surface area contributed by atoms with E-state index in [0.29, 0.717) is 5.75 Å². The Kier molecular flexibility index (Phi) is 11.8. The van der Waals surface area contributed by atoms with Crippen molar-refractivity contribution < 1.29 is 34.2 Å². The van der Waals surface area contributed by atoms with Crippen molar-refractivity contribution in [2.75, 3.05) is 18.6 Å². The number of aliphatic carboxylic acids is 1. The Bertz CT molecular complexity index is 587. The molecule has 0 fully saturated rings. The van der Waals surface area contributed by atoms with Crippen LogP contribution in [0.3, 0.4) is 0 Å². The van der Waals surface area contributed by atoms with Gasteiger partial charge in [-0.2, -0.15) is 11.8 Å². The Morgan fingerprint density at radius 3 is 2.04 bits per heavy atom. The first-order chi connectivity index (χ1) is 13.0. The van der Waals surface area contributed by atoms with Crippen LogP contribution in [0.1, 0.15) is 19.8 Å². The topological polar surface area (TPSA) is 214 Å². The second-order valence-electron chi connectivity index (χ2n) is 5.90. The van der Waals surface area contributed by atoms with Gasteiger partial charge in [0.1, 0.15) is 12.1 Å². The molecular weight excluding hydrogens is 394 g/mol. The number of rotatable bonds is 13. The summed E-state index contributed by atoms with van der Waals surface area (Å²) in [5, 5.41) is 25.2. The molecule has 0 aliphatic heterocycles. The van der Waals surface area contributed by atoms with Gasteiger partial charge in [0.2, 0.25) is 23.6 Å². The molecule has 0 aromatic heterocycles. The normalized spacial score (nSPS) is 14.9. The highest BCUT2D eigenvalue weighted by molar-refractivity contribution is 7.98. The highest BCUT2D eigenvalue weighted by Crippen LogP contribution is 2.04. The summed E-state index contributed by atoms with van der Waals surface area (Å²) in [7, 11) is 0. The minimum atomic E-state index is -1.65. The SMILES string of the molecule is CSCCC(NC(=O)CN)C(=O)NC(CC(N)=O)C(=O)NC(C(=O)O)C(C)O. The Hall–Kier alpha value is -2.38. The van der Waals surface area contributed by atoms with Crippen LogP contribution in [0.25, 0.3) is 0 Å². The first-order valence-corrected chi connectivity index (χ1v) is 9.71. The molecule has 28 heavy (non-hydrogen) atoms. The molecule has 0 saturated heterocycles. The number of nitrogens with one attached hydrogen (secondary N) is 3. The number of carbonyl (C=O) groups excluding carboxylic acids is 4. The highest BCUT2D eigenvalue weighted by Gasteiger charge is 2.32. The van der Waals surface area contributed by atoms with E-state index >= 15 is 0 Å². The lowest BCUT2D eigenvalue weighted by atomic mass is 10.1.